The lowest BCUT2D eigenvalue weighted by atomic mass is 10.1. The number of nitrogens with zero attached hydrogens (tertiary/aromatic N) is 1. The van der Waals surface area contributed by atoms with Crippen LogP contribution in [0.25, 0.3) is 0 Å². The largest absolute Gasteiger partial charge is 0.480 e. The van der Waals surface area contributed by atoms with Gasteiger partial charge in [0.25, 0.3) is 0 Å². The van der Waals surface area contributed by atoms with Crippen LogP contribution in [0.4, 0.5) is 0 Å². The molecule has 0 amide bonds. The standard InChI is InChI=1S/C14H17NO2/c16-14(17)13-6-3-9-15(13)12-8-7-10-4-1-2-5-11(10)12/h1-2,4-5,12-13H,3,6-9H2,(H,16,17). The Labute approximate surface area is 101 Å². The molecule has 2 unspecified atom stereocenters. The second-order valence-corrected chi connectivity index (χ2v) is 4.99. The summed E-state index contributed by atoms with van der Waals surface area (Å²) >= 11 is 0. The van der Waals surface area contributed by atoms with E-state index in [0.29, 0.717) is 6.04 Å². The highest BCUT2D eigenvalue weighted by atomic mass is 16.4. The highest BCUT2D eigenvalue weighted by Gasteiger charge is 2.38. The van der Waals surface area contributed by atoms with Crippen molar-refractivity contribution in [3.05, 3.63) is 35.4 Å². The average molecular weight is 231 g/mol. The van der Waals surface area contributed by atoms with E-state index >= 15 is 0 Å². The zero-order chi connectivity index (χ0) is 11.8. The van der Waals surface area contributed by atoms with E-state index in [1.54, 1.807) is 0 Å². The monoisotopic (exact) mass is 231 g/mol. The lowest BCUT2D eigenvalue weighted by Crippen LogP contribution is -2.38. The van der Waals surface area contributed by atoms with Crippen molar-refractivity contribution >= 4 is 5.97 Å². The van der Waals surface area contributed by atoms with Gasteiger partial charge in [-0.15, -0.1) is 0 Å². The van der Waals surface area contributed by atoms with Gasteiger partial charge in [-0.2, -0.15) is 0 Å². The van der Waals surface area contributed by atoms with Gasteiger partial charge in [-0.3, -0.25) is 9.69 Å². The summed E-state index contributed by atoms with van der Waals surface area (Å²) in [5.74, 6) is -0.660. The number of aliphatic carboxylic acids is 1. The number of rotatable bonds is 2. The Balaban J connectivity index is 1.89. The van der Waals surface area contributed by atoms with E-state index in [2.05, 4.69) is 29.2 Å². The maximum atomic E-state index is 11.2. The van der Waals surface area contributed by atoms with Crippen molar-refractivity contribution < 1.29 is 9.90 Å². The van der Waals surface area contributed by atoms with Crippen molar-refractivity contribution in [2.24, 2.45) is 0 Å². The summed E-state index contributed by atoms with van der Waals surface area (Å²) in [5, 5.41) is 9.25. The number of carboxylic acids is 1. The topological polar surface area (TPSA) is 40.5 Å². The average Bonchev–Trinajstić information content (AvgIpc) is 2.94. The van der Waals surface area contributed by atoms with Crippen LogP contribution < -0.4 is 0 Å². The molecule has 0 saturated carbocycles. The van der Waals surface area contributed by atoms with E-state index < -0.39 is 5.97 Å². The van der Waals surface area contributed by atoms with E-state index in [0.717, 1.165) is 32.2 Å². The molecule has 1 aliphatic carbocycles. The number of hydrogen-bond donors (Lipinski definition) is 1. The summed E-state index contributed by atoms with van der Waals surface area (Å²) in [7, 11) is 0. The Hall–Kier alpha value is -1.35. The third kappa shape index (κ3) is 1.75. The van der Waals surface area contributed by atoms with Gasteiger partial charge < -0.3 is 5.11 Å². The molecule has 3 rings (SSSR count). The minimum atomic E-state index is -0.660. The van der Waals surface area contributed by atoms with Gasteiger partial charge in [0.15, 0.2) is 0 Å². The Morgan fingerprint density at radius 2 is 2.12 bits per heavy atom. The molecule has 90 valence electrons. The molecule has 2 atom stereocenters. The van der Waals surface area contributed by atoms with Gasteiger partial charge >= 0.3 is 5.97 Å². The molecule has 0 bridgehead atoms. The smallest absolute Gasteiger partial charge is 0.320 e. The fourth-order valence-corrected chi connectivity index (χ4v) is 3.31. The van der Waals surface area contributed by atoms with Crippen LogP contribution in [0.3, 0.4) is 0 Å². The zero-order valence-corrected chi connectivity index (χ0v) is 9.80. The van der Waals surface area contributed by atoms with Crippen molar-refractivity contribution in [3.63, 3.8) is 0 Å². The number of aryl methyl sites for hydroxylation is 1. The summed E-state index contributed by atoms with van der Waals surface area (Å²) in [6.07, 6.45) is 3.97. The molecular weight excluding hydrogens is 214 g/mol. The molecule has 1 fully saturated rings. The Morgan fingerprint density at radius 3 is 2.94 bits per heavy atom. The molecule has 1 aromatic carbocycles. The summed E-state index contributed by atoms with van der Waals surface area (Å²) in [6.45, 7) is 0.927. The first-order valence-corrected chi connectivity index (χ1v) is 6.34. The molecule has 0 radical (unpaired) electrons. The molecule has 1 aliphatic heterocycles. The van der Waals surface area contributed by atoms with Crippen molar-refractivity contribution in [1.82, 2.24) is 4.90 Å². The van der Waals surface area contributed by atoms with Crippen molar-refractivity contribution in [3.8, 4) is 0 Å². The van der Waals surface area contributed by atoms with Gasteiger partial charge in [0.05, 0.1) is 0 Å². The van der Waals surface area contributed by atoms with Crippen LogP contribution in [0.1, 0.15) is 36.4 Å². The van der Waals surface area contributed by atoms with Crippen LogP contribution in [-0.4, -0.2) is 28.6 Å². The van der Waals surface area contributed by atoms with Gasteiger partial charge in [-0.05, 0) is 43.4 Å². The first-order valence-electron chi connectivity index (χ1n) is 6.34. The van der Waals surface area contributed by atoms with Gasteiger partial charge in [0.1, 0.15) is 6.04 Å². The SMILES string of the molecule is O=C(O)C1CCCN1C1CCc2ccccc21. The molecule has 0 spiro atoms. The van der Waals surface area contributed by atoms with Crippen LogP contribution in [0.2, 0.25) is 0 Å². The summed E-state index contributed by atoms with van der Waals surface area (Å²) < 4.78 is 0. The van der Waals surface area contributed by atoms with Crippen LogP contribution in [0.15, 0.2) is 24.3 Å². The highest BCUT2D eigenvalue weighted by Crippen LogP contribution is 2.39. The minimum absolute atomic E-state index is 0.272. The summed E-state index contributed by atoms with van der Waals surface area (Å²) in [6, 6.07) is 8.51. The van der Waals surface area contributed by atoms with Gasteiger partial charge in [-0.1, -0.05) is 24.3 Å². The van der Waals surface area contributed by atoms with Crippen LogP contribution in [0.5, 0.6) is 0 Å². The number of carboxylic acid groups (broad SMARTS) is 1. The van der Waals surface area contributed by atoms with Crippen molar-refractivity contribution in [1.29, 1.82) is 0 Å². The third-order valence-electron chi connectivity index (χ3n) is 4.08. The number of likely N-dealkylation sites (tertiary alicyclic amines) is 1. The van der Waals surface area contributed by atoms with Crippen molar-refractivity contribution in [2.45, 2.75) is 37.8 Å². The highest BCUT2D eigenvalue weighted by molar-refractivity contribution is 5.74. The Bertz CT molecular complexity index is 444. The molecule has 2 aliphatic rings. The molecule has 1 saturated heterocycles. The Morgan fingerprint density at radius 1 is 1.29 bits per heavy atom. The molecule has 3 nitrogen and oxygen atoms in total. The van der Waals surface area contributed by atoms with Gasteiger partial charge in [0.2, 0.25) is 0 Å². The number of benzene rings is 1. The molecular formula is C14H17NO2. The molecule has 1 aromatic rings. The fourth-order valence-electron chi connectivity index (χ4n) is 3.31. The zero-order valence-electron chi connectivity index (χ0n) is 9.80. The summed E-state index contributed by atoms with van der Waals surface area (Å²) in [4.78, 5) is 13.4. The lowest BCUT2D eigenvalue weighted by molar-refractivity contribution is -0.143. The molecule has 0 aromatic heterocycles. The number of carbonyl (C=O) groups is 1. The fraction of sp³-hybridized carbons (Fsp3) is 0.500. The molecule has 3 heteroatoms. The normalized spacial score (nSPS) is 28.2. The quantitative estimate of drug-likeness (QED) is 0.848. The van der Waals surface area contributed by atoms with Gasteiger partial charge in [-0.25, -0.2) is 0 Å². The molecule has 1 N–H and O–H groups in total. The maximum Gasteiger partial charge on any atom is 0.320 e. The number of fused-ring (bicyclic) bond motifs is 1. The predicted molar refractivity (Wildman–Crippen MR) is 64.9 cm³/mol. The van der Waals surface area contributed by atoms with E-state index in [-0.39, 0.29) is 6.04 Å². The minimum Gasteiger partial charge on any atom is -0.480 e. The summed E-state index contributed by atoms with van der Waals surface area (Å²) in [5.41, 5.74) is 2.74. The van der Waals surface area contributed by atoms with E-state index in [9.17, 15) is 9.90 Å². The van der Waals surface area contributed by atoms with Gasteiger partial charge in [0, 0.05) is 6.04 Å². The Kier molecular flexibility index (Phi) is 2.63. The van der Waals surface area contributed by atoms with E-state index in [1.807, 2.05) is 0 Å². The van der Waals surface area contributed by atoms with Crippen LogP contribution in [0, 0.1) is 0 Å². The first-order chi connectivity index (χ1) is 8.27. The molecule has 17 heavy (non-hydrogen) atoms. The molecule has 1 heterocycles. The first kappa shape index (κ1) is 10.8. The predicted octanol–water partition coefficient (Wildman–Crippen LogP) is 2.22. The second kappa shape index (κ2) is 4.15. The van der Waals surface area contributed by atoms with Crippen molar-refractivity contribution in [2.75, 3.05) is 6.54 Å². The second-order valence-electron chi connectivity index (χ2n) is 4.99. The van der Waals surface area contributed by atoms with E-state index in [4.69, 9.17) is 0 Å². The third-order valence-corrected chi connectivity index (χ3v) is 4.08. The van der Waals surface area contributed by atoms with Crippen LogP contribution >= 0.6 is 0 Å². The number of hydrogen-bond acceptors (Lipinski definition) is 2. The van der Waals surface area contributed by atoms with Crippen LogP contribution in [-0.2, 0) is 11.2 Å². The lowest BCUT2D eigenvalue weighted by Gasteiger charge is -2.28. The maximum absolute atomic E-state index is 11.2. The van der Waals surface area contributed by atoms with E-state index in [1.165, 1.54) is 11.1 Å².